The minimum atomic E-state index is 0.0720. The Kier molecular flexibility index (Phi) is 5.43. The molecular formula is C15H20N4O. The third kappa shape index (κ3) is 3.74. The molecule has 2 rings (SSSR count). The summed E-state index contributed by atoms with van der Waals surface area (Å²) < 4.78 is 5.31. The normalized spacial score (nSPS) is 12.1. The Hall–Kier alpha value is -2.01. The zero-order valence-corrected chi connectivity index (χ0v) is 11.9. The second kappa shape index (κ2) is 7.55. The third-order valence-corrected chi connectivity index (χ3v) is 3.02. The van der Waals surface area contributed by atoms with Gasteiger partial charge in [0.2, 0.25) is 5.88 Å². The number of nitrogens with zero attached hydrogens (tertiary/aromatic N) is 3. The van der Waals surface area contributed by atoms with Crippen molar-refractivity contribution in [2.45, 2.75) is 25.8 Å². The molecule has 0 spiro atoms. The molecule has 5 heteroatoms. The number of ether oxygens (including phenoxy) is 1. The van der Waals surface area contributed by atoms with E-state index in [4.69, 9.17) is 4.74 Å². The zero-order chi connectivity index (χ0) is 14.2. The van der Waals surface area contributed by atoms with Gasteiger partial charge < -0.3 is 10.1 Å². The molecule has 0 aliphatic rings. The smallest absolute Gasteiger partial charge is 0.237 e. The van der Waals surface area contributed by atoms with Crippen molar-refractivity contribution in [2.24, 2.45) is 0 Å². The molecule has 0 saturated carbocycles. The molecule has 1 atom stereocenters. The Morgan fingerprint density at radius 3 is 2.80 bits per heavy atom. The number of pyridine rings is 1. The second-order valence-electron chi connectivity index (χ2n) is 4.52. The fourth-order valence-corrected chi connectivity index (χ4v) is 2.07. The Balaban J connectivity index is 2.22. The average Bonchev–Trinajstić information content (AvgIpc) is 2.52. The Morgan fingerprint density at radius 1 is 1.25 bits per heavy atom. The standard InChI is InChI=1S/C15H20N4O/c1-3-6-17-13(10-12-5-4-7-16-11-12)14-15(20-2)19-9-8-18-14/h4-5,7-9,11,13,17H,3,6,10H2,1-2H3. The van der Waals surface area contributed by atoms with Gasteiger partial charge in [0.05, 0.1) is 13.2 Å². The van der Waals surface area contributed by atoms with E-state index in [1.807, 2.05) is 12.3 Å². The molecule has 0 radical (unpaired) electrons. The lowest BCUT2D eigenvalue weighted by atomic mass is 10.0. The summed E-state index contributed by atoms with van der Waals surface area (Å²) in [4.78, 5) is 12.8. The lowest BCUT2D eigenvalue weighted by Gasteiger charge is -2.19. The molecule has 0 aliphatic heterocycles. The first kappa shape index (κ1) is 14.4. The molecule has 1 unspecified atom stereocenters. The van der Waals surface area contributed by atoms with Gasteiger partial charge >= 0.3 is 0 Å². The van der Waals surface area contributed by atoms with E-state index in [1.54, 1.807) is 25.7 Å². The summed E-state index contributed by atoms with van der Waals surface area (Å²) in [6, 6.07) is 4.08. The molecule has 0 bridgehead atoms. The van der Waals surface area contributed by atoms with E-state index in [1.165, 1.54) is 0 Å². The van der Waals surface area contributed by atoms with Crippen LogP contribution in [0, 0.1) is 0 Å². The molecule has 0 aromatic carbocycles. The summed E-state index contributed by atoms with van der Waals surface area (Å²) in [6.45, 7) is 3.06. The molecule has 1 N–H and O–H groups in total. The summed E-state index contributed by atoms with van der Waals surface area (Å²) in [5.74, 6) is 0.574. The van der Waals surface area contributed by atoms with Crippen LogP contribution in [-0.4, -0.2) is 28.6 Å². The minimum absolute atomic E-state index is 0.0720. The van der Waals surface area contributed by atoms with Crippen LogP contribution < -0.4 is 10.1 Å². The molecule has 20 heavy (non-hydrogen) atoms. The zero-order valence-electron chi connectivity index (χ0n) is 11.9. The van der Waals surface area contributed by atoms with Crippen LogP contribution in [0.15, 0.2) is 36.9 Å². The van der Waals surface area contributed by atoms with E-state index in [-0.39, 0.29) is 6.04 Å². The maximum Gasteiger partial charge on any atom is 0.237 e. The lowest BCUT2D eigenvalue weighted by Crippen LogP contribution is -2.25. The van der Waals surface area contributed by atoms with Crippen molar-refractivity contribution >= 4 is 0 Å². The van der Waals surface area contributed by atoms with Crippen LogP contribution in [0.1, 0.15) is 30.6 Å². The van der Waals surface area contributed by atoms with Crippen LogP contribution in [-0.2, 0) is 6.42 Å². The van der Waals surface area contributed by atoms with Gasteiger partial charge in [-0.3, -0.25) is 9.97 Å². The maximum atomic E-state index is 5.31. The molecule has 0 fully saturated rings. The summed E-state index contributed by atoms with van der Waals surface area (Å²) >= 11 is 0. The number of nitrogens with one attached hydrogen (secondary N) is 1. The first-order valence-corrected chi connectivity index (χ1v) is 6.82. The van der Waals surface area contributed by atoms with Gasteiger partial charge in [-0.15, -0.1) is 0 Å². The summed E-state index contributed by atoms with van der Waals surface area (Å²) in [5.41, 5.74) is 2.00. The van der Waals surface area contributed by atoms with E-state index in [0.717, 1.165) is 30.6 Å². The predicted octanol–water partition coefficient (Wildman–Crippen LogP) is 2.16. The quantitative estimate of drug-likeness (QED) is 0.837. The van der Waals surface area contributed by atoms with Crippen molar-refractivity contribution in [1.29, 1.82) is 0 Å². The van der Waals surface area contributed by atoms with Crippen LogP contribution in [0.3, 0.4) is 0 Å². The van der Waals surface area contributed by atoms with Gasteiger partial charge in [-0.25, -0.2) is 4.98 Å². The maximum absolute atomic E-state index is 5.31. The Labute approximate surface area is 119 Å². The fraction of sp³-hybridized carbons (Fsp3) is 0.400. The van der Waals surface area contributed by atoms with Crippen molar-refractivity contribution in [3.63, 3.8) is 0 Å². The van der Waals surface area contributed by atoms with Gasteiger partial charge in [-0.1, -0.05) is 13.0 Å². The van der Waals surface area contributed by atoms with Gasteiger partial charge in [0.15, 0.2) is 0 Å². The SMILES string of the molecule is CCCNC(Cc1cccnc1)c1nccnc1OC. The molecule has 2 heterocycles. The topological polar surface area (TPSA) is 59.9 Å². The highest BCUT2D eigenvalue weighted by Gasteiger charge is 2.18. The van der Waals surface area contributed by atoms with Crippen LogP contribution >= 0.6 is 0 Å². The van der Waals surface area contributed by atoms with Crippen molar-refractivity contribution in [3.05, 3.63) is 48.2 Å². The van der Waals surface area contributed by atoms with Crippen molar-refractivity contribution in [1.82, 2.24) is 20.3 Å². The highest BCUT2D eigenvalue weighted by atomic mass is 16.5. The molecule has 5 nitrogen and oxygen atoms in total. The summed E-state index contributed by atoms with van der Waals surface area (Å²) in [5, 5.41) is 3.50. The number of rotatable bonds is 7. The second-order valence-corrected chi connectivity index (χ2v) is 4.52. The van der Waals surface area contributed by atoms with Gasteiger partial charge in [-0.2, -0.15) is 0 Å². The van der Waals surface area contributed by atoms with Crippen LogP contribution in [0.25, 0.3) is 0 Å². The van der Waals surface area contributed by atoms with Crippen LogP contribution in [0.2, 0.25) is 0 Å². The van der Waals surface area contributed by atoms with E-state index in [0.29, 0.717) is 5.88 Å². The molecular weight excluding hydrogens is 252 g/mol. The van der Waals surface area contributed by atoms with E-state index >= 15 is 0 Å². The van der Waals surface area contributed by atoms with Gasteiger partial charge in [-0.05, 0) is 31.0 Å². The van der Waals surface area contributed by atoms with E-state index < -0.39 is 0 Å². The first-order valence-electron chi connectivity index (χ1n) is 6.82. The summed E-state index contributed by atoms with van der Waals surface area (Å²) in [7, 11) is 1.62. The predicted molar refractivity (Wildman–Crippen MR) is 77.6 cm³/mol. The van der Waals surface area contributed by atoms with E-state index in [2.05, 4.69) is 33.3 Å². The minimum Gasteiger partial charge on any atom is -0.480 e. The highest BCUT2D eigenvalue weighted by Crippen LogP contribution is 2.23. The molecule has 106 valence electrons. The Bertz CT molecular complexity index is 518. The number of hydrogen-bond acceptors (Lipinski definition) is 5. The van der Waals surface area contributed by atoms with Crippen LogP contribution in [0.4, 0.5) is 0 Å². The molecule has 0 amide bonds. The van der Waals surface area contributed by atoms with Crippen molar-refractivity contribution in [2.75, 3.05) is 13.7 Å². The lowest BCUT2D eigenvalue weighted by molar-refractivity contribution is 0.376. The van der Waals surface area contributed by atoms with Crippen LogP contribution in [0.5, 0.6) is 5.88 Å². The van der Waals surface area contributed by atoms with Gasteiger partial charge in [0.1, 0.15) is 5.69 Å². The number of hydrogen-bond donors (Lipinski definition) is 1. The number of aromatic nitrogens is 3. The number of methoxy groups -OCH3 is 1. The van der Waals surface area contributed by atoms with Gasteiger partial charge in [0, 0.05) is 24.8 Å². The summed E-state index contributed by atoms with van der Waals surface area (Å²) in [6.07, 6.45) is 8.87. The van der Waals surface area contributed by atoms with Crippen molar-refractivity contribution < 1.29 is 4.74 Å². The molecule has 2 aromatic heterocycles. The van der Waals surface area contributed by atoms with Crippen molar-refractivity contribution in [3.8, 4) is 5.88 Å². The molecule has 0 saturated heterocycles. The average molecular weight is 272 g/mol. The Morgan fingerprint density at radius 2 is 2.10 bits per heavy atom. The fourth-order valence-electron chi connectivity index (χ4n) is 2.07. The third-order valence-electron chi connectivity index (χ3n) is 3.02. The first-order chi connectivity index (χ1) is 9.85. The molecule has 0 aliphatic carbocycles. The van der Waals surface area contributed by atoms with E-state index in [9.17, 15) is 0 Å². The monoisotopic (exact) mass is 272 g/mol. The molecule has 2 aromatic rings. The van der Waals surface area contributed by atoms with Gasteiger partial charge in [0.25, 0.3) is 0 Å². The largest absolute Gasteiger partial charge is 0.480 e. The highest BCUT2D eigenvalue weighted by molar-refractivity contribution is 5.24.